The Kier molecular flexibility index (Phi) is 4.22. The fourth-order valence-electron chi connectivity index (χ4n) is 4.12. The largest absolute Gasteiger partial charge is 0.378 e. The van der Waals surface area contributed by atoms with Crippen molar-refractivity contribution in [2.24, 2.45) is 0 Å². The van der Waals surface area contributed by atoms with Gasteiger partial charge in [0.25, 0.3) is 5.56 Å². The highest BCUT2D eigenvalue weighted by Crippen LogP contribution is 2.33. The molecule has 5 aromatic rings. The SMILES string of the molecule is O=c1c2c(-c3ccc(F)cc3)csc2nc2c3ccccc3c(N3CCOCC3)nn12. The number of thiophene rings is 1. The van der Waals surface area contributed by atoms with Crippen molar-refractivity contribution in [1.82, 2.24) is 14.6 Å². The Bertz CT molecular complexity index is 1500. The molecule has 0 spiro atoms. The van der Waals surface area contributed by atoms with Gasteiger partial charge in [0.05, 0.1) is 18.6 Å². The van der Waals surface area contributed by atoms with Gasteiger partial charge in [0.2, 0.25) is 0 Å². The summed E-state index contributed by atoms with van der Waals surface area (Å²) < 4.78 is 20.3. The molecule has 4 heterocycles. The molecule has 0 N–H and O–H groups in total. The zero-order valence-electron chi connectivity index (χ0n) is 16.4. The summed E-state index contributed by atoms with van der Waals surface area (Å²) in [5.74, 6) is 0.445. The Hall–Kier alpha value is -3.36. The van der Waals surface area contributed by atoms with Crippen LogP contribution in [0.25, 0.3) is 37.8 Å². The summed E-state index contributed by atoms with van der Waals surface area (Å²) in [7, 11) is 0. The van der Waals surface area contributed by atoms with Crippen LogP contribution >= 0.6 is 11.3 Å². The number of nitrogens with zero attached hydrogens (tertiary/aromatic N) is 4. The summed E-state index contributed by atoms with van der Waals surface area (Å²) in [6.45, 7) is 2.68. The smallest absolute Gasteiger partial charge is 0.283 e. The van der Waals surface area contributed by atoms with E-state index in [1.807, 2.05) is 29.6 Å². The molecule has 3 aromatic heterocycles. The van der Waals surface area contributed by atoms with Crippen LogP contribution in [0.3, 0.4) is 0 Å². The number of morpholine rings is 1. The first kappa shape index (κ1) is 18.4. The van der Waals surface area contributed by atoms with Gasteiger partial charge < -0.3 is 9.64 Å². The minimum atomic E-state index is -0.313. The molecule has 0 amide bonds. The topological polar surface area (TPSA) is 59.7 Å². The Labute approximate surface area is 180 Å². The van der Waals surface area contributed by atoms with Crippen molar-refractivity contribution >= 4 is 43.8 Å². The van der Waals surface area contributed by atoms with Gasteiger partial charge in [0, 0.05) is 34.8 Å². The lowest BCUT2D eigenvalue weighted by atomic mass is 10.1. The van der Waals surface area contributed by atoms with E-state index in [9.17, 15) is 9.18 Å². The zero-order valence-corrected chi connectivity index (χ0v) is 17.2. The summed E-state index contributed by atoms with van der Waals surface area (Å²) >= 11 is 1.41. The van der Waals surface area contributed by atoms with E-state index < -0.39 is 0 Å². The number of benzene rings is 2. The average Bonchev–Trinajstić information content (AvgIpc) is 3.24. The Balaban J connectivity index is 1.67. The highest BCUT2D eigenvalue weighted by molar-refractivity contribution is 7.17. The van der Waals surface area contributed by atoms with Gasteiger partial charge in [-0.05, 0) is 17.7 Å². The average molecular weight is 432 g/mol. The van der Waals surface area contributed by atoms with E-state index in [-0.39, 0.29) is 11.4 Å². The summed E-state index contributed by atoms with van der Waals surface area (Å²) in [5.41, 5.74) is 1.84. The molecule has 0 saturated carbocycles. The second-order valence-corrected chi connectivity index (χ2v) is 8.32. The molecular formula is C23H17FN4O2S. The standard InChI is InChI=1S/C23H17FN4O2S/c24-15-7-5-14(6-8-15)18-13-31-22-19(18)23(29)28-20(25-22)16-3-1-2-4-17(16)21(26-28)27-9-11-30-12-10-27/h1-8,13H,9-12H2. The maximum atomic E-state index is 13.6. The van der Waals surface area contributed by atoms with Crippen molar-refractivity contribution in [3.8, 4) is 11.1 Å². The van der Waals surface area contributed by atoms with Gasteiger partial charge in [-0.15, -0.1) is 16.4 Å². The van der Waals surface area contributed by atoms with Crippen LogP contribution in [0, 0.1) is 5.82 Å². The van der Waals surface area contributed by atoms with E-state index in [4.69, 9.17) is 14.8 Å². The molecule has 0 bridgehead atoms. The van der Waals surface area contributed by atoms with Crippen molar-refractivity contribution in [2.45, 2.75) is 0 Å². The van der Waals surface area contributed by atoms with Gasteiger partial charge in [0.15, 0.2) is 11.5 Å². The number of aromatic nitrogens is 3. The summed E-state index contributed by atoms with van der Waals surface area (Å²) in [5, 5.41) is 9.01. The third-order valence-corrected chi connectivity index (χ3v) is 6.53. The summed E-state index contributed by atoms with van der Waals surface area (Å²) in [4.78, 5) is 21.3. The van der Waals surface area contributed by atoms with E-state index in [0.717, 1.165) is 27.7 Å². The number of hydrogen-bond acceptors (Lipinski definition) is 6. The molecule has 6 rings (SSSR count). The molecule has 0 unspecified atom stereocenters. The second-order valence-electron chi connectivity index (χ2n) is 7.46. The van der Waals surface area contributed by atoms with Gasteiger partial charge in [-0.2, -0.15) is 4.52 Å². The molecule has 0 aliphatic carbocycles. The fourth-order valence-corrected chi connectivity index (χ4v) is 5.06. The molecule has 1 aliphatic rings. The summed E-state index contributed by atoms with van der Waals surface area (Å²) in [6.07, 6.45) is 0. The van der Waals surface area contributed by atoms with Crippen LogP contribution in [0.4, 0.5) is 10.2 Å². The lowest BCUT2D eigenvalue weighted by molar-refractivity contribution is 0.122. The Morgan fingerprint density at radius 1 is 1.00 bits per heavy atom. The van der Waals surface area contributed by atoms with Crippen LogP contribution in [0.2, 0.25) is 0 Å². The minimum absolute atomic E-state index is 0.221. The quantitative estimate of drug-likeness (QED) is 0.393. The molecule has 0 atom stereocenters. The predicted molar refractivity (Wildman–Crippen MR) is 121 cm³/mol. The van der Waals surface area contributed by atoms with Crippen LogP contribution in [-0.2, 0) is 4.74 Å². The van der Waals surface area contributed by atoms with Crippen molar-refractivity contribution in [2.75, 3.05) is 31.2 Å². The van der Waals surface area contributed by atoms with Gasteiger partial charge in [0.1, 0.15) is 10.6 Å². The van der Waals surface area contributed by atoms with Crippen LogP contribution in [0.5, 0.6) is 0 Å². The fraction of sp³-hybridized carbons (Fsp3) is 0.174. The molecule has 1 fully saturated rings. The van der Waals surface area contributed by atoms with Crippen molar-refractivity contribution in [1.29, 1.82) is 0 Å². The van der Waals surface area contributed by atoms with Crippen LogP contribution in [0.1, 0.15) is 0 Å². The third kappa shape index (κ3) is 2.90. The van der Waals surface area contributed by atoms with Gasteiger partial charge in [-0.25, -0.2) is 9.37 Å². The second kappa shape index (κ2) is 7.11. The van der Waals surface area contributed by atoms with Crippen molar-refractivity contribution in [3.05, 3.63) is 70.1 Å². The van der Waals surface area contributed by atoms with E-state index in [0.29, 0.717) is 42.2 Å². The monoisotopic (exact) mass is 432 g/mol. The molecule has 2 aromatic carbocycles. The number of halogens is 1. The van der Waals surface area contributed by atoms with Crippen molar-refractivity contribution in [3.63, 3.8) is 0 Å². The molecule has 31 heavy (non-hydrogen) atoms. The Morgan fingerprint density at radius 2 is 1.74 bits per heavy atom. The normalized spacial score (nSPS) is 14.7. The maximum absolute atomic E-state index is 13.6. The van der Waals surface area contributed by atoms with Gasteiger partial charge >= 0.3 is 0 Å². The highest BCUT2D eigenvalue weighted by atomic mass is 32.1. The number of ether oxygens (including phenoxy) is 1. The van der Waals surface area contributed by atoms with Crippen LogP contribution in [-0.4, -0.2) is 40.9 Å². The van der Waals surface area contributed by atoms with Crippen LogP contribution < -0.4 is 10.5 Å². The molecule has 1 aliphatic heterocycles. The number of hydrogen-bond donors (Lipinski definition) is 0. The van der Waals surface area contributed by atoms with E-state index in [2.05, 4.69) is 4.90 Å². The molecular weight excluding hydrogens is 415 g/mol. The number of rotatable bonds is 2. The molecule has 154 valence electrons. The molecule has 6 nitrogen and oxygen atoms in total. The minimum Gasteiger partial charge on any atom is -0.378 e. The first-order valence-corrected chi connectivity index (χ1v) is 10.9. The molecule has 1 saturated heterocycles. The lowest BCUT2D eigenvalue weighted by Gasteiger charge is -2.28. The predicted octanol–water partition coefficient (Wildman–Crippen LogP) is 4.10. The Morgan fingerprint density at radius 3 is 2.52 bits per heavy atom. The highest BCUT2D eigenvalue weighted by Gasteiger charge is 2.21. The number of fused-ring (bicyclic) bond motifs is 4. The van der Waals surface area contributed by atoms with Gasteiger partial charge in [-0.3, -0.25) is 4.79 Å². The first-order chi connectivity index (χ1) is 15.2. The lowest BCUT2D eigenvalue weighted by Crippen LogP contribution is -2.37. The van der Waals surface area contributed by atoms with Crippen molar-refractivity contribution < 1.29 is 9.13 Å². The molecule has 0 radical (unpaired) electrons. The summed E-state index contributed by atoms with van der Waals surface area (Å²) in [6, 6.07) is 14.1. The zero-order chi connectivity index (χ0) is 20.9. The van der Waals surface area contributed by atoms with Crippen LogP contribution in [0.15, 0.2) is 58.7 Å². The van der Waals surface area contributed by atoms with E-state index >= 15 is 0 Å². The number of anilines is 1. The third-order valence-electron chi connectivity index (χ3n) is 5.66. The maximum Gasteiger partial charge on any atom is 0.283 e. The van der Waals surface area contributed by atoms with E-state index in [1.165, 1.54) is 28.0 Å². The first-order valence-electron chi connectivity index (χ1n) is 10.0. The van der Waals surface area contributed by atoms with E-state index in [1.54, 1.807) is 12.1 Å². The van der Waals surface area contributed by atoms with Gasteiger partial charge in [-0.1, -0.05) is 36.4 Å². The molecule has 8 heteroatoms.